The van der Waals surface area contributed by atoms with Gasteiger partial charge >= 0.3 is 0 Å². The summed E-state index contributed by atoms with van der Waals surface area (Å²) in [6.07, 6.45) is 3.78. The van der Waals surface area contributed by atoms with Gasteiger partial charge in [-0.2, -0.15) is 0 Å². The fourth-order valence-electron chi connectivity index (χ4n) is 2.99. The first-order valence-electron chi connectivity index (χ1n) is 8.58. The molecule has 3 heteroatoms. The Labute approximate surface area is 128 Å². The van der Waals surface area contributed by atoms with Gasteiger partial charge in [0.1, 0.15) is 0 Å². The van der Waals surface area contributed by atoms with E-state index in [1.165, 1.54) is 32.4 Å². The van der Waals surface area contributed by atoms with Gasteiger partial charge in [-0.15, -0.1) is 0 Å². The van der Waals surface area contributed by atoms with Crippen molar-refractivity contribution in [3.8, 4) is 0 Å². The Hall–Kier alpha value is -0.120. The van der Waals surface area contributed by atoms with Gasteiger partial charge in [-0.3, -0.25) is 4.90 Å². The Kier molecular flexibility index (Phi) is 11.5. The summed E-state index contributed by atoms with van der Waals surface area (Å²) in [5, 5.41) is 3.72. The van der Waals surface area contributed by atoms with Crippen molar-refractivity contribution < 1.29 is 0 Å². The van der Waals surface area contributed by atoms with E-state index in [-0.39, 0.29) is 0 Å². The van der Waals surface area contributed by atoms with Crippen molar-refractivity contribution in [2.45, 2.75) is 66.0 Å². The molecule has 0 radical (unpaired) electrons. The predicted octanol–water partition coefficient (Wildman–Crippen LogP) is 3.06. The van der Waals surface area contributed by atoms with Crippen molar-refractivity contribution in [1.29, 1.82) is 0 Å². The summed E-state index contributed by atoms with van der Waals surface area (Å²) in [6, 6.07) is 1.30. The van der Waals surface area contributed by atoms with Crippen molar-refractivity contribution in [3.63, 3.8) is 0 Å². The molecule has 2 atom stereocenters. The van der Waals surface area contributed by atoms with Crippen molar-refractivity contribution in [1.82, 2.24) is 15.1 Å². The average molecular weight is 286 g/mol. The van der Waals surface area contributed by atoms with Crippen molar-refractivity contribution >= 4 is 0 Å². The molecule has 0 aromatic rings. The van der Waals surface area contributed by atoms with E-state index in [0.29, 0.717) is 12.1 Å². The van der Waals surface area contributed by atoms with Gasteiger partial charge in [0, 0.05) is 31.7 Å². The van der Waals surface area contributed by atoms with Crippen LogP contribution in [-0.2, 0) is 0 Å². The van der Waals surface area contributed by atoms with E-state index in [0.717, 1.165) is 19.0 Å². The fourth-order valence-corrected chi connectivity index (χ4v) is 2.99. The molecule has 0 heterocycles. The summed E-state index contributed by atoms with van der Waals surface area (Å²) in [6.45, 7) is 16.1. The third-order valence-corrected chi connectivity index (χ3v) is 3.85. The zero-order chi connectivity index (χ0) is 15.5. The van der Waals surface area contributed by atoms with E-state index < -0.39 is 0 Å². The highest BCUT2D eigenvalue weighted by atomic mass is 15.2. The highest BCUT2D eigenvalue weighted by Crippen LogP contribution is 2.15. The second-order valence-electron chi connectivity index (χ2n) is 6.62. The SMILES string of the molecule is CCCC(NCC)C(CC)N(CCN(C)C)CC(C)C. The first kappa shape index (κ1) is 19.9. The van der Waals surface area contributed by atoms with E-state index >= 15 is 0 Å². The fraction of sp³-hybridized carbons (Fsp3) is 1.00. The van der Waals surface area contributed by atoms with Crippen molar-refractivity contribution in [2.24, 2.45) is 5.92 Å². The summed E-state index contributed by atoms with van der Waals surface area (Å²) in [4.78, 5) is 5.01. The second-order valence-corrected chi connectivity index (χ2v) is 6.62. The van der Waals surface area contributed by atoms with Crippen LogP contribution < -0.4 is 5.32 Å². The number of hydrogen-bond donors (Lipinski definition) is 1. The third-order valence-electron chi connectivity index (χ3n) is 3.85. The minimum Gasteiger partial charge on any atom is -0.313 e. The molecular formula is C17H39N3. The standard InChI is InChI=1S/C17H39N3/c1-8-11-16(18-10-3)17(9-2)20(14-15(4)5)13-12-19(6)7/h15-18H,8-14H2,1-7H3. The Bertz CT molecular complexity index is 210. The molecule has 3 nitrogen and oxygen atoms in total. The highest BCUT2D eigenvalue weighted by molar-refractivity contribution is 4.84. The van der Waals surface area contributed by atoms with E-state index in [4.69, 9.17) is 0 Å². The second kappa shape index (κ2) is 11.5. The third kappa shape index (κ3) is 8.23. The minimum atomic E-state index is 0.635. The van der Waals surface area contributed by atoms with Crippen LogP contribution in [0.5, 0.6) is 0 Å². The van der Waals surface area contributed by atoms with E-state index in [9.17, 15) is 0 Å². The normalized spacial score (nSPS) is 15.3. The molecule has 0 aromatic heterocycles. The van der Waals surface area contributed by atoms with Gasteiger partial charge in [-0.1, -0.05) is 41.0 Å². The lowest BCUT2D eigenvalue weighted by Crippen LogP contribution is -2.52. The monoisotopic (exact) mass is 285 g/mol. The molecule has 2 unspecified atom stereocenters. The van der Waals surface area contributed by atoms with Crippen LogP contribution >= 0.6 is 0 Å². The quantitative estimate of drug-likeness (QED) is 0.594. The van der Waals surface area contributed by atoms with Gasteiger partial charge in [0.25, 0.3) is 0 Å². The molecule has 0 aliphatic rings. The number of nitrogens with one attached hydrogen (secondary N) is 1. The Morgan fingerprint density at radius 1 is 1.00 bits per heavy atom. The zero-order valence-corrected chi connectivity index (χ0v) is 15.1. The molecule has 1 N–H and O–H groups in total. The highest BCUT2D eigenvalue weighted by Gasteiger charge is 2.25. The number of likely N-dealkylation sites (N-methyl/N-ethyl adjacent to an activating group) is 2. The van der Waals surface area contributed by atoms with Crippen molar-refractivity contribution in [2.75, 3.05) is 40.3 Å². The Balaban J connectivity index is 4.81. The molecule has 122 valence electrons. The minimum absolute atomic E-state index is 0.635. The molecule has 0 aromatic carbocycles. The lowest BCUT2D eigenvalue weighted by Gasteiger charge is -2.38. The van der Waals surface area contributed by atoms with Crippen molar-refractivity contribution in [3.05, 3.63) is 0 Å². The molecule has 0 saturated carbocycles. The van der Waals surface area contributed by atoms with Crippen LogP contribution in [0.4, 0.5) is 0 Å². The van der Waals surface area contributed by atoms with Crippen LogP contribution in [0.15, 0.2) is 0 Å². The molecule has 0 aliphatic carbocycles. The van der Waals surface area contributed by atoms with E-state index in [1.54, 1.807) is 0 Å². The largest absolute Gasteiger partial charge is 0.313 e. The van der Waals surface area contributed by atoms with Crippen LogP contribution in [0.2, 0.25) is 0 Å². The van der Waals surface area contributed by atoms with Crippen LogP contribution in [0.25, 0.3) is 0 Å². The zero-order valence-electron chi connectivity index (χ0n) is 15.1. The molecule has 0 aliphatic heterocycles. The lowest BCUT2D eigenvalue weighted by molar-refractivity contribution is 0.122. The maximum atomic E-state index is 3.72. The molecule has 0 bridgehead atoms. The molecule has 0 saturated heterocycles. The summed E-state index contributed by atoms with van der Waals surface area (Å²) in [7, 11) is 4.34. The van der Waals surface area contributed by atoms with Crippen LogP contribution in [0.3, 0.4) is 0 Å². The van der Waals surface area contributed by atoms with Gasteiger partial charge in [-0.25, -0.2) is 0 Å². The van der Waals surface area contributed by atoms with E-state index in [2.05, 4.69) is 63.8 Å². The summed E-state index contributed by atoms with van der Waals surface area (Å²) in [5.41, 5.74) is 0. The van der Waals surface area contributed by atoms with Gasteiger partial charge < -0.3 is 10.2 Å². The molecule has 0 rings (SSSR count). The first-order valence-corrected chi connectivity index (χ1v) is 8.58. The smallest absolute Gasteiger partial charge is 0.0247 e. The maximum absolute atomic E-state index is 3.72. The summed E-state index contributed by atoms with van der Waals surface area (Å²) in [5.74, 6) is 0.732. The van der Waals surface area contributed by atoms with Crippen LogP contribution in [-0.4, -0.2) is 62.2 Å². The number of hydrogen-bond acceptors (Lipinski definition) is 3. The maximum Gasteiger partial charge on any atom is 0.0247 e. The van der Waals surface area contributed by atoms with Gasteiger partial charge in [-0.05, 0) is 39.4 Å². The average Bonchev–Trinajstić information content (AvgIpc) is 2.36. The van der Waals surface area contributed by atoms with Gasteiger partial charge in [0.2, 0.25) is 0 Å². The molecule has 20 heavy (non-hydrogen) atoms. The first-order chi connectivity index (χ1) is 9.46. The van der Waals surface area contributed by atoms with Crippen LogP contribution in [0.1, 0.15) is 53.9 Å². The molecule has 0 amide bonds. The number of rotatable bonds is 12. The van der Waals surface area contributed by atoms with E-state index in [1.807, 2.05) is 0 Å². The summed E-state index contributed by atoms with van der Waals surface area (Å²) >= 11 is 0. The molecule has 0 spiro atoms. The Morgan fingerprint density at radius 3 is 2.05 bits per heavy atom. The molecule has 0 fully saturated rings. The van der Waals surface area contributed by atoms with Gasteiger partial charge in [0.15, 0.2) is 0 Å². The Morgan fingerprint density at radius 2 is 1.65 bits per heavy atom. The van der Waals surface area contributed by atoms with Crippen LogP contribution in [0, 0.1) is 5.92 Å². The van der Waals surface area contributed by atoms with Gasteiger partial charge in [0.05, 0.1) is 0 Å². The summed E-state index contributed by atoms with van der Waals surface area (Å²) < 4.78 is 0. The lowest BCUT2D eigenvalue weighted by atomic mass is 9.98. The molecular weight excluding hydrogens is 246 g/mol. The predicted molar refractivity (Wildman–Crippen MR) is 91.4 cm³/mol. The number of nitrogens with zero attached hydrogens (tertiary/aromatic N) is 2. The topological polar surface area (TPSA) is 18.5 Å².